The minimum Gasteiger partial charge on any atom is -0.497 e. The molecule has 0 saturated carbocycles. The maximum Gasteiger partial charge on any atom is 0.255 e. The Hall–Kier alpha value is -3.12. The van der Waals surface area contributed by atoms with Gasteiger partial charge in [-0.2, -0.15) is 0 Å². The van der Waals surface area contributed by atoms with E-state index in [0.29, 0.717) is 11.3 Å². The monoisotopic (exact) mass is 363 g/mol. The third kappa shape index (κ3) is 3.07. The van der Waals surface area contributed by atoms with Gasteiger partial charge in [0.1, 0.15) is 5.75 Å². The molecule has 0 unspecified atom stereocenters. The third-order valence-corrected chi connectivity index (χ3v) is 5.12. The fourth-order valence-electron chi connectivity index (χ4n) is 2.72. The number of carbonyl (C=O) groups is 1. The van der Waals surface area contributed by atoms with Gasteiger partial charge in [0.25, 0.3) is 5.91 Å². The number of carbonyl (C=O) groups excluding carboxylic acids is 1. The second-order valence-corrected chi connectivity index (χ2v) is 6.76. The van der Waals surface area contributed by atoms with Crippen molar-refractivity contribution in [1.82, 2.24) is 9.38 Å². The molecule has 1 amide bonds. The van der Waals surface area contributed by atoms with Crippen LogP contribution in [0.25, 0.3) is 16.2 Å². The van der Waals surface area contributed by atoms with E-state index >= 15 is 0 Å². The van der Waals surface area contributed by atoms with Crippen LogP contribution < -0.4 is 10.1 Å². The largest absolute Gasteiger partial charge is 0.497 e. The number of aromatic nitrogens is 2. The van der Waals surface area contributed by atoms with Crippen LogP contribution in [0.1, 0.15) is 16.1 Å². The lowest BCUT2D eigenvalue weighted by molar-refractivity contribution is 0.102. The van der Waals surface area contributed by atoms with Crippen molar-refractivity contribution in [2.24, 2.45) is 0 Å². The van der Waals surface area contributed by atoms with Crippen molar-refractivity contribution in [2.45, 2.75) is 6.92 Å². The summed E-state index contributed by atoms with van der Waals surface area (Å²) in [5.41, 5.74) is 4.40. The maximum absolute atomic E-state index is 12.4. The number of aryl methyl sites for hydroxylation is 1. The molecule has 2 aromatic carbocycles. The molecule has 0 saturated heterocycles. The molecule has 0 spiro atoms. The SMILES string of the molecule is COc1cccc(C(=O)Nc2ccc(-c3cn4c(C)csc4n3)cc2)c1. The second-order valence-electron chi connectivity index (χ2n) is 5.92. The van der Waals surface area contributed by atoms with E-state index < -0.39 is 0 Å². The molecule has 2 aromatic heterocycles. The van der Waals surface area contributed by atoms with E-state index in [1.807, 2.05) is 36.5 Å². The Morgan fingerprint density at radius 2 is 2.00 bits per heavy atom. The fraction of sp³-hybridized carbons (Fsp3) is 0.100. The summed E-state index contributed by atoms with van der Waals surface area (Å²) in [4.78, 5) is 18.0. The standard InChI is InChI=1S/C20H17N3O2S/c1-13-12-26-20-22-18(11-23(13)20)14-6-8-16(9-7-14)21-19(24)15-4-3-5-17(10-15)25-2/h3-12H,1-2H3,(H,21,24). The number of nitrogens with one attached hydrogen (secondary N) is 1. The van der Waals surface area contributed by atoms with Crippen LogP contribution in [0.2, 0.25) is 0 Å². The molecule has 5 nitrogen and oxygen atoms in total. The van der Waals surface area contributed by atoms with Crippen molar-refractivity contribution in [1.29, 1.82) is 0 Å². The predicted octanol–water partition coefficient (Wildman–Crippen LogP) is 4.63. The van der Waals surface area contributed by atoms with Crippen LogP contribution in [-0.4, -0.2) is 22.4 Å². The number of amides is 1. The summed E-state index contributed by atoms with van der Waals surface area (Å²) in [6, 6.07) is 14.8. The normalized spacial score (nSPS) is 10.8. The number of anilines is 1. The first-order valence-corrected chi connectivity index (χ1v) is 9.01. The number of imidazole rings is 1. The average molecular weight is 363 g/mol. The highest BCUT2D eigenvalue weighted by molar-refractivity contribution is 7.15. The van der Waals surface area contributed by atoms with Crippen molar-refractivity contribution in [2.75, 3.05) is 12.4 Å². The molecule has 4 rings (SSSR count). The summed E-state index contributed by atoms with van der Waals surface area (Å²) in [6.45, 7) is 2.06. The lowest BCUT2D eigenvalue weighted by Crippen LogP contribution is -2.11. The Labute approximate surface area is 154 Å². The van der Waals surface area contributed by atoms with Crippen LogP contribution >= 0.6 is 11.3 Å². The van der Waals surface area contributed by atoms with Crippen LogP contribution in [0.5, 0.6) is 5.75 Å². The van der Waals surface area contributed by atoms with Gasteiger partial charge in [-0.1, -0.05) is 18.2 Å². The molecule has 4 aromatic rings. The van der Waals surface area contributed by atoms with Crippen molar-refractivity contribution < 1.29 is 9.53 Å². The molecule has 130 valence electrons. The van der Waals surface area contributed by atoms with E-state index in [1.165, 1.54) is 5.69 Å². The molecule has 26 heavy (non-hydrogen) atoms. The van der Waals surface area contributed by atoms with Gasteiger partial charge in [-0.3, -0.25) is 9.20 Å². The number of hydrogen-bond acceptors (Lipinski definition) is 4. The van der Waals surface area contributed by atoms with Crippen molar-refractivity contribution in [3.8, 4) is 17.0 Å². The Balaban J connectivity index is 1.52. The molecule has 6 heteroatoms. The Kier molecular flexibility index (Phi) is 4.18. The van der Waals surface area contributed by atoms with E-state index in [0.717, 1.165) is 21.9 Å². The van der Waals surface area contributed by atoms with E-state index in [1.54, 1.807) is 36.6 Å². The smallest absolute Gasteiger partial charge is 0.255 e. The summed E-state index contributed by atoms with van der Waals surface area (Å²) in [5.74, 6) is 0.484. The highest BCUT2D eigenvalue weighted by atomic mass is 32.1. The number of rotatable bonds is 4. The minimum atomic E-state index is -0.171. The molecule has 0 aliphatic carbocycles. The molecular formula is C20H17N3O2S. The van der Waals surface area contributed by atoms with Gasteiger partial charge < -0.3 is 10.1 Å². The highest BCUT2D eigenvalue weighted by Crippen LogP contribution is 2.25. The van der Waals surface area contributed by atoms with E-state index in [4.69, 9.17) is 4.74 Å². The zero-order valence-electron chi connectivity index (χ0n) is 14.4. The van der Waals surface area contributed by atoms with Crippen LogP contribution in [0.15, 0.2) is 60.1 Å². The van der Waals surface area contributed by atoms with Gasteiger partial charge in [0.2, 0.25) is 0 Å². The summed E-state index contributed by atoms with van der Waals surface area (Å²) in [5, 5.41) is 4.99. The van der Waals surface area contributed by atoms with Crippen molar-refractivity contribution >= 4 is 27.9 Å². The lowest BCUT2D eigenvalue weighted by atomic mass is 10.1. The second kappa shape index (κ2) is 6.65. The van der Waals surface area contributed by atoms with Gasteiger partial charge in [0, 0.05) is 34.1 Å². The van der Waals surface area contributed by atoms with Crippen molar-refractivity contribution in [3.63, 3.8) is 0 Å². The first-order valence-electron chi connectivity index (χ1n) is 8.13. The number of thiazole rings is 1. The lowest BCUT2D eigenvalue weighted by Gasteiger charge is -2.07. The van der Waals surface area contributed by atoms with Crippen LogP contribution in [0.3, 0.4) is 0 Å². The number of nitrogens with zero attached hydrogens (tertiary/aromatic N) is 2. The number of benzene rings is 2. The summed E-state index contributed by atoms with van der Waals surface area (Å²) in [7, 11) is 1.58. The summed E-state index contributed by atoms with van der Waals surface area (Å²) >= 11 is 1.63. The molecule has 2 heterocycles. The van der Waals surface area contributed by atoms with Crippen LogP contribution in [0.4, 0.5) is 5.69 Å². The first kappa shape index (κ1) is 16.4. The molecule has 0 radical (unpaired) electrons. The Morgan fingerprint density at radius 3 is 2.73 bits per heavy atom. The van der Waals surface area contributed by atoms with Gasteiger partial charge >= 0.3 is 0 Å². The zero-order valence-corrected chi connectivity index (χ0v) is 15.2. The predicted molar refractivity (Wildman–Crippen MR) is 104 cm³/mol. The summed E-state index contributed by atoms with van der Waals surface area (Å²) < 4.78 is 7.24. The first-order chi connectivity index (χ1) is 12.6. The molecule has 0 bridgehead atoms. The molecular weight excluding hydrogens is 346 g/mol. The van der Waals surface area contributed by atoms with Gasteiger partial charge in [0.05, 0.1) is 12.8 Å². The molecule has 0 aliphatic rings. The Bertz CT molecular complexity index is 1080. The number of fused-ring (bicyclic) bond motifs is 1. The maximum atomic E-state index is 12.4. The van der Waals surface area contributed by atoms with Crippen molar-refractivity contribution in [3.05, 3.63) is 71.4 Å². The minimum absolute atomic E-state index is 0.171. The molecule has 0 atom stereocenters. The molecule has 0 aliphatic heterocycles. The Morgan fingerprint density at radius 1 is 1.19 bits per heavy atom. The highest BCUT2D eigenvalue weighted by Gasteiger charge is 2.09. The van der Waals surface area contributed by atoms with Gasteiger partial charge in [-0.05, 0) is 37.3 Å². The fourth-order valence-corrected chi connectivity index (χ4v) is 3.58. The quantitative estimate of drug-likeness (QED) is 0.575. The zero-order chi connectivity index (χ0) is 18.1. The number of methoxy groups -OCH3 is 1. The van der Waals surface area contributed by atoms with E-state index in [2.05, 4.69) is 27.0 Å². The third-order valence-electron chi connectivity index (χ3n) is 4.16. The summed E-state index contributed by atoms with van der Waals surface area (Å²) in [6.07, 6.45) is 2.03. The number of hydrogen-bond donors (Lipinski definition) is 1. The average Bonchev–Trinajstić information content (AvgIpc) is 3.24. The van der Waals surface area contributed by atoms with Gasteiger partial charge in [-0.25, -0.2) is 4.98 Å². The van der Waals surface area contributed by atoms with E-state index in [9.17, 15) is 4.79 Å². The van der Waals surface area contributed by atoms with Gasteiger partial charge in [-0.15, -0.1) is 11.3 Å². The number of ether oxygens (including phenoxy) is 1. The van der Waals surface area contributed by atoms with Gasteiger partial charge in [0.15, 0.2) is 4.96 Å². The molecule has 1 N–H and O–H groups in total. The van der Waals surface area contributed by atoms with E-state index in [-0.39, 0.29) is 5.91 Å². The van der Waals surface area contributed by atoms with Crippen LogP contribution in [0, 0.1) is 6.92 Å². The molecule has 0 fully saturated rings. The van der Waals surface area contributed by atoms with Crippen LogP contribution in [-0.2, 0) is 0 Å². The topological polar surface area (TPSA) is 55.6 Å².